The van der Waals surface area contributed by atoms with Crippen LogP contribution in [0.4, 0.5) is 5.82 Å². The molecule has 0 saturated carbocycles. The molecule has 2 aliphatic rings. The van der Waals surface area contributed by atoms with E-state index >= 15 is 0 Å². The van der Waals surface area contributed by atoms with E-state index in [0.717, 1.165) is 16.8 Å². The first-order valence-corrected chi connectivity index (χ1v) is 14.1. The third-order valence-corrected chi connectivity index (χ3v) is 8.00. The molecule has 1 saturated heterocycles. The predicted octanol–water partition coefficient (Wildman–Crippen LogP) is 4.68. The van der Waals surface area contributed by atoms with Gasteiger partial charge in [0.2, 0.25) is 5.91 Å². The molecule has 210 valence electrons. The average molecular weight is 563 g/mol. The molecule has 9 nitrogen and oxygen atoms in total. The van der Waals surface area contributed by atoms with E-state index in [1.165, 1.54) is 6.08 Å². The van der Waals surface area contributed by atoms with Crippen LogP contribution < -0.4 is 10.6 Å². The zero-order valence-corrected chi connectivity index (χ0v) is 24.4. The van der Waals surface area contributed by atoms with Crippen molar-refractivity contribution in [1.82, 2.24) is 24.4 Å². The number of piperazine rings is 1. The largest absolute Gasteiger partial charge is 0.377 e. The number of carbonyl (C=O) groups excluding carboxylic acids is 1. The van der Waals surface area contributed by atoms with Gasteiger partial charge in [0.25, 0.3) is 0 Å². The number of nitrogens with zero attached hydrogens (tertiary/aromatic N) is 6. The molecule has 10 heteroatoms. The van der Waals surface area contributed by atoms with Crippen LogP contribution in [0.1, 0.15) is 57.0 Å². The molecule has 0 N–H and O–H groups in total. The fraction of sp³-hybridized carbons (Fsp3) is 0.433. The maximum absolute atomic E-state index is 14.0. The first-order valence-electron chi connectivity index (χ1n) is 13.7. The maximum atomic E-state index is 14.0. The average Bonchev–Trinajstić information content (AvgIpc) is 2.94. The molecule has 1 fully saturated rings. The van der Waals surface area contributed by atoms with E-state index in [4.69, 9.17) is 21.3 Å². The summed E-state index contributed by atoms with van der Waals surface area (Å²) in [7, 11) is 0. The van der Waals surface area contributed by atoms with E-state index in [9.17, 15) is 9.59 Å². The Morgan fingerprint density at radius 1 is 1.23 bits per heavy atom. The number of hydrogen-bond donors (Lipinski definition) is 0. The smallest absolute Gasteiger partial charge is 0.355 e. The Balaban J connectivity index is 1.79. The summed E-state index contributed by atoms with van der Waals surface area (Å²) in [4.78, 5) is 44.7. The summed E-state index contributed by atoms with van der Waals surface area (Å²) in [5, 5.41) is 1.16. The summed E-state index contributed by atoms with van der Waals surface area (Å²) in [5.41, 5.74) is 4.05. The van der Waals surface area contributed by atoms with E-state index in [1.807, 2.05) is 39.0 Å². The van der Waals surface area contributed by atoms with Crippen LogP contribution in [-0.4, -0.2) is 68.7 Å². The van der Waals surface area contributed by atoms with Gasteiger partial charge in [-0.2, -0.15) is 4.98 Å². The highest BCUT2D eigenvalue weighted by molar-refractivity contribution is 6.33. The summed E-state index contributed by atoms with van der Waals surface area (Å²) in [6.45, 7) is 15.8. The highest BCUT2D eigenvalue weighted by atomic mass is 35.5. The molecule has 5 heterocycles. The Kier molecular flexibility index (Phi) is 7.79. The van der Waals surface area contributed by atoms with Crippen LogP contribution in [0, 0.1) is 6.92 Å². The van der Waals surface area contributed by atoms with Crippen molar-refractivity contribution < 1.29 is 9.53 Å². The van der Waals surface area contributed by atoms with Crippen molar-refractivity contribution in [2.45, 2.75) is 59.0 Å². The molecule has 0 aromatic carbocycles. The van der Waals surface area contributed by atoms with Gasteiger partial charge in [-0.15, -0.1) is 0 Å². The van der Waals surface area contributed by atoms with E-state index in [0.29, 0.717) is 66.0 Å². The molecule has 3 aromatic heterocycles. The summed E-state index contributed by atoms with van der Waals surface area (Å²) >= 11 is 6.89. The third-order valence-electron chi connectivity index (χ3n) is 7.71. The highest BCUT2D eigenvalue weighted by Gasteiger charge is 2.34. The number of halogens is 1. The Bertz CT molecular complexity index is 1580. The number of ether oxygens (including phenoxy) is 1. The van der Waals surface area contributed by atoms with Crippen molar-refractivity contribution in [3.63, 3.8) is 0 Å². The lowest BCUT2D eigenvalue weighted by Crippen LogP contribution is -2.58. The number of aryl methyl sites for hydroxylation is 1. The topological polar surface area (TPSA) is 93.5 Å². The van der Waals surface area contributed by atoms with E-state index in [1.54, 1.807) is 15.7 Å². The lowest BCUT2D eigenvalue weighted by molar-refractivity contribution is -0.128. The first-order chi connectivity index (χ1) is 19.1. The van der Waals surface area contributed by atoms with E-state index in [2.05, 4.69) is 35.3 Å². The molecule has 0 spiro atoms. The molecule has 2 atom stereocenters. The minimum atomic E-state index is -0.438. The molecule has 2 unspecified atom stereocenters. The zero-order chi connectivity index (χ0) is 28.7. The van der Waals surface area contributed by atoms with Gasteiger partial charge in [-0.05, 0) is 62.5 Å². The van der Waals surface area contributed by atoms with Gasteiger partial charge in [0.1, 0.15) is 5.82 Å². The van der Waals surface area contributed by atoms with Gasteiger partial charge in [0.05, 0.1) is 40.7 Å². The van der Waals surface area contributed by atoms with Crippen LogP contribution in [0.3, 0.4) is 0 Å². The maximum Gasteiger partial charge on any atom is 0.355 e. The molecule has 0 radical (unpaired) electrons. The molecule has 5 rings (SSSR count). The van der Waals surface area contributed by atoms with Crippen molar-refractivity contribution in [1.29, 1.82) is 0 Å². The van der Waals surface area contributed by atoms with Gasteiger partial charge in [-0.25, -0.2) is 14.3 Å². The summed E-state index contributed by atoms with van der Waals surface area (Å²) in [5.74, 6) is 0.466. The van der Waals surface area contributed by atoms with Gasteiger partial charge in [-0.1, -0.05) is 38.1 Å². The van der Waals surface area contributed by atoms with Gasteiger partial charge < -0.3 is 14.5 Å². The fourth-order valence-electron chi connectivity index (χ4n) is 5.62. The first kappa shape index (κ1) is 28.0. The predicted molar refractivity (Wildman–Crippen MR) is 158 cm³/mol. The van der Waals surface area contributed by atoms with Crippen LogP contribution >= 0.6 is 11.6 Å². The molecule has 0 bridgehead atoms. The summed E-state index contributed by atoms with van der Waals surface area (Å²) in [6.07, 6.45) is 5.77. The van der Waals surface area contributed by atoms with Crippen molar-refractivity contribution in [3.8, 4) is 5.69 Å². The number of hydrogen-bond acceptors (Lipinski definition) is 7. The lowest BCUT2D eigenvalue weighted by Gasteiger charge is -2.44. The van der Waals surface area contributed by atoms with Crippen LogP contribution in [-0.2, 0) is 9.53 Å². The number of carbonyl (C=O) groups is 1. The van der Waals surface area contributed by atoms with Gasteiger partial charge >= 0.3 is 5.69 Å². The van der Waals surface area contributed by atoms with Crippen LogP contribution in [0.5, 0.6) is 0 Å². The Morgan fingerprint density at radius 3 is 2.67 bits per heavy atom. The number of aromatic nitrogens is 4. The van der Waals surface area contributed by atoms with Crippen LogP contribution in [0.25, 0.3) is 22.3 Å². The molecule has 40 heavy (non-hydrogen) atoms. The van der Waals surface area contributed by atoms with E-state index in [-0.39, 0.29) is 23.9 Å². The van der Waals surface area contributed by atoms with Crippen molar-refractivity contribution in [3.05, 3.63) is 69.5 Å². The lowest BCUT2D eigenvalue weighted by atomic mass is 10.0. The third kappa shape index (κ3) is 4.92. The van der Waals surface area contributed by atoms with E-state index < -0.39 is 5.69 Å². The SMILES string of the molecule is C=CC(=O)N1CC(C)N(c2nc(=O)n(-c3c(C)ccnc3C(C)C)c3nc(C4=CCOCC4)c(Cl)cc23)CC1C. The number of rotatable bonds is 5. The molecule has 1 amide bonds. The summed E-state index contributed by atoms with van der Waals surface area (Å²) < 4.78 is 7.10. The van der Waals surface area contributed by atoms with Gasteiger partial charge in [0.15, 0.2) is 5.65 Å². The van der Waals surface area contributed by atoms with Crippen molar-refractivity contribution in [2.24, 2.45) is 0 Å². The Morgan fingerprint density at radius 2 is 2.00 bits per heavy atom. The van der Waals surface area contributed by atoms with Gasteiger partial charge in [0, 0.05) is 31.4 Å². The zero-order valence-electron chi connectivity index (χ0n) is 23.6. The number of amides is 1. The van der Waals surface area contributed by atoms with Crippen LogP contribution in [0.15, 0.2) is 41.9 Å². The second kappa shape index (κ2) is 11.1. The molecular weight excluding hydrogens is 528 g/mol. The summed E-state index contributed by atoms with van der Waals surface area (Å²) in [6, 6.07) is 3.55. The second-order valence-electron chi connectivity index (χ2n) is 10.9. The number of anilines is 1. The quantitative estimate of drug-likeness (QED) is 0.417. The normalized spacial score (nSPS) is 19.7. The molecule has 2 aliphatic heterocycles. The van der Waals surface area contributed by atoms with Crippen LogP contribution in [0.2, 0.25) is 5.02 Å². The van der Waals surface area contributed by atoms with Gasteiger partial charge in [-0.3, -0.25) is 9.78 Å². The minimum absolute atomic E-state index is 0.0674. The number of pyridine rings is 2. The Hall–Kier alpha value is -3.56. The number of fused-ring (bicyclic) bond motifs is 1. The van der Waals surface area contributed by atoms with Crippen molar-refractivity contribution in [2.75, 3.05) is 31.2 Å². The molecular formula is C30H35ClN6O3. The molecule has 0 aliphatic carbocycles. The minimum Gasteiger partial charge on any atom is -0.377 e. The standard InChI is InChI=1S/C30H35ClN6O3/c1-7-24(38)35-15-20(6)36(16-19(35)5)28-22-14-23(31)26(21-9-12-40-13-10-21)33-29(22)37(30(39)34-28)27-18(4)8-11-32-25(27)17(2)3/h7-9,11,14,17,19-20H,1,10,12-13,15-16H2,2-6H3. The van der Waals surface area contributed by atoms with Crippen molar-refractivity contribution >= 4 is 39.9 Å². The monoisotopic (exact) mass is 562 g/mol. The fourth-order valence-corrected chi connectivity index (χ4v) is 5.90. The molecule has 3 aromatic rings. The Labute approximate surface area is 239 Å². The highest BCUT2D eigenvalue weighted by Crippen LogP contribution is 2.35. The second-order valence-corrected chi connectivity index (χ2v) is 11.3.